The van der Waals surface area contributed by atoms with Crippen molar-refractivity contribution < 1.29 is 9.90 Å². The van der Waals surface area contributed by atoms with E-state index in [1.807, 2.05) is 60.4 Å². The van der Waals surface area contributed by atoms with Gasteiger partial charge in [0.15, 0.2) is 0 Å². The van der Waals surface area contributed by atoms with Gasteiger partial charge in [0.25, 0.3) is 0 Å². The number of aliphatic hydroxyl groups excluding tert-OH is 1. The van der Waals surface area contributed by atoms with Crippen molar-refractivity contribution in [2.24, 2.45) is 5.92 Å². The summed E-state index contributed by atoms with van der Waals surface area (Å²) in [4.78, 5) is 14.3. The Morgan fingerprint density at radius 1 is 1.20 bits per heavy atom. The Hall–Kier alpha value is -1.85. The van der Waals surface area contributed by atoms with Crippen molar-refractivity contribution in [3.05, 3.63) is 64.1 Å². The lowest BCUT2D eigenvalue weighted by atomic mass is 9.87. The Morgan fingerprint density at radius 3 is 2.52 bits per heavy atom. The summed E-state index contributed by atoms with van der Waals surface area (Å²) in [7, 11) is 0. The molecule has 1 heterocycles. The molecule has 0 spiro atoms. The third kappa shape index (κ3) is 4.41. The molecule has 5 heteroatoms. The molecule has 132 valence electrons. The average Bonchev–Trinajstić information content (AvgIpc) is 2.65. The van der Waals surface area contributed by atoms with E-state index in [4.69, 9.17) is 0 Å². The molecule has 1 unspecified atom stereocenters. The summed E-state index contributed by atoms with van der Waals surface area (Å²) in [6.45, 7) is 3.32. The number of anilines is 1. The number of nitrogens with one attached hydrogen (secondary N) is 1. The molecule has 0 aliphatic carbocycles. The highest BCUT2D eigenvalue weighted by atomic mass is 79.9. The smallest absolute Gasteiger partial charge is 0.321 e. The maximum atomic E-state index is 12.5. The number of piperidine rings is 1. The number of hydrogen-bond acceptors (Lipinski definition) is 2. The number of urea groups is 1. The first kappa shape index (κ1) is 18.0. The molecule has 1 atom stereocenters. The predicted molar refractivity (Wildman–Crippen MR) is 104 cm³/mol. The second kappa shape index (κ2) is 8.02. The lowest BCUT2D eigenvalue weighted by Gasteiger charge is -2.34. The highest BCUT2D eigenvalue weighted by Crippen LogP contribution is 2.31. The van der Waals surface area contributed by atoms with Gasteiger partial charge in [0.1, 0.15) is 0 Å². The summed E-state index contributed by atoms with van der Waals surface area (Å²) in [5, 5.41) is 13.5. The van der Waals surface area contributed by atoms with Crippen LogP contribution in [0.2, 0.25) is 0 Å². The van der Waals surface area contributed by atoms with Gasteiger partial charge in [-0.3, -0.25) is 0 Å². The van der Waals surface area contributed by atoms with Gasteiger partial charge in [-0.05, 0) is 55.0 Å². The zero-order valence-electron chi connectivity index (χ0n) is 14.3. The summed E-state index contributed by atoms with van der Waals surface area (Å²) in [5.74, 6) is 0.196. The third-order valence-corrected chi connectivity index (χ3v) is 5.71. The number of benzene rings is 2. The summed E-state index contributed by atoms with van der Waals surface area (Å²) >= 11 is 3.46. The van der Waals surface area contributed by atoms with E-state index in [0.717, 1.165) is 34.1 Å². The Labute approximate surface area is 157 Å². The van der Waals surface area contributed by atoms with Crippen LogP contribution in [-0.4, -0.2) is 29.1 Å². The van der Waals surface area contributed by atoms with Crippen LogP contribution in [0.1, 0.15) is 30.1 Å². The van der Waals surface area contributed by atoms with Crippen LogP contribution in [0.25, 0.3) is 0 Å². The highest BCUT2D eigenvalue weighted by Gasteiger charge is 2.28. The highest BCUT2D eigenvalue weighted by molar-refractivity contribution is 9.10. The van der Waals surface area contributed by atoms with E-state index in [1.165, 1.54) is 0 Å². The number of halogens is 1. The van der Waals surface area contributed by atoms with E-state index < -0.39 is 6.10 Å². The van der Waals surface area contributed by atoms with E-state index in [1.54, 1.807) is 0 Å². The van der Waals surface area contributed by atoms with Crippen LogP contribution in [0, 0.1) is 12.8 Å². The maximum absolute atomic E-state index is 12.5. The van der Waals surface area contributed by atoms with Crippen LogP contribution >= 0.6 is 15.9 Å². The van der Waals surface area contributed by atoms with Crippen molar-refractivity contribution in [1.29, 1.82) is 0 Å². The van der Waals surface area contributed by atoms with Crippen molar-refractivity contribution in [1.82, 2.24) is 4.90 Å². The zero-order valence-corrected chi connectivity index (χ0v) is 15.9. The molecule has 1 aliphatic heterocycles. The molecule has 2 amide bonds. The van der Waals surface area contributed by atoms with Crippen LogP contribution < -0.4 is 5.32 Å². The minimum absolute atomic E-state index is 0.0747. The number of aryl methyl sites for hydroxylation is 1. The molecule has 2 N–H and O–H groups in total. The van der Waals surface area contributed by atoms with Gasteiger partial charge >= 0.3 is 6.03 Å². The number of carbonyl (C=O) groups excluding carboxylic acids is 1. The molecule has 1 saturated heterocycles. The van der Waals surface area contributed by atoms with Crippen molar-refractivity contribution >= 4 is 27.6 Å². The van der Waals surface area contributed by atoms with E-state index in [-0.39, 0.29) is 11.9 Å². The van der Waals surface area contributed by atoms with Crippen molar-refractivity contribution in [2.45, 2.75) is 25.9 Å². The standard InChI is InChI=1S/C20H23BrN2O2/c1-14-13-17(7-8-18(14)21)22-20(25)23-11-9-16(10-12-23)19(24)15-5-3-2-4-6-15/h2-8,13,16,19,24H,9-12H2,1H3,(H,22,25). The number of amides is 2. The Kier molecular flexibility index (Phi) is 5.76. The molecule has 1 fully saturated rings. The van der Waals surface area contributed by atoms with Crippen LogP contribution in [-0.2, 0) is 0 Å². The molecular weight excluding hydrogens is 380 g/mol. The van der Waals surface area contributed by atoms with Gasteiger partial charge in [0.2, 0.25) is 0 Å². The van der Waals surface area contributed by atoms with Crippen molar-refractivity contribution in [2.75, 3.05) is 18.4 Å². The van der Waals surface area contributed by atoms with E-state index >= 15 is 0 Å². The van der Waals surface area contributed by atoms with Gasteiger partial charge < -0.3 is 15.3 Å². The topological polar surface area (TPSA) is 52.6 Å². The van der Waals surface area contributed by atoms with E-state index in [2.05, 4.69) is 21.2 Å². The fourth-order valence-electron chi connectivity index (χ4n) is 3.27. The summed E-state index contributed by atoms with van der Waals surface area (Å²) in [6, 6.07) is 15.5. The molecule has 1 aliphatic rings. The minimum atomic E-state index is -0.458. The Bertz CT molecular complexity index is 728. The van der Waals surface area contributed by atoms with Gasteiger partial charge in [-0.25, -0.2) is 4.79 Å². The largest absolute Gasteiger partial charge is 0.388 e. The second-order valence-electron chi connectivity index (χ2n) is 6.57. The van der Waals surface area contributed by atoms with Crippen molar-refractivity contribution in [3.63, 3.8) is 0 Å². The Balaban J connectivity index is 1.54. The maximum Gasteiger partial charge on any atom is 0.321 e. The number of nitrogens with zero attached hydrogens (tertiary/aromatic N) is 1. The van der Waals surface area contributed by atoms with Crippen LogP contribution in [0.4, 0.5) is 10.5 Å². The number of likely N-dealkylation sites (tertiary alicyclic amines) is 1. The van der Waals surface area contributed by atoms with E-state index in [0.29, 0.717) is 13.1 Å². The summed E-state index contributed by atoms with van der Waals surface area (Å²) < 4.78 is 1.03. The van der Waals surface area contributed by atoms with E-state index in [9.17, 15) is 9.90 Å². The lowest BCUT2D eigenvalue weighted by Crippen LogP contribution is -2.42. The van der Waals surface area contributed by atoms with Gasteiger partial charge in [-0.2, -0.15) is 0 Å². The summed E-state index contributed by atoms with van der Waals surface area (Å²) in [6.07, 6.45) is 1.16. The molecule has 25 heavy (non-hydrogen) atoms. The first-order valence-electron chi connectivity index (χ1n) is 8.59. The van der Waals surface area contributed by atoms with Crippen molar-refractivity contribution in [3.8, 4) is 0 Å². The van der Waals surface area contributed by atoms with Crippen LogP contribution in [0.15, 0.2) is 53.0 Å². The molecule has 2 aromatic rings. The van der Waals surface area contributed by atoms with Gasteiger partial charge in [0.05, 0.1) is 6.10 Å². The Morgan fingerprint density at radius 2 is 1.88 bits per heavy atom. The molecular formula is C20H23BrN2O2. The lowest BCUT2D eigenvalue weighted by molar-refractivity contribution is 0.0683. The van der Waals surface area contributed by atoms with Gasteiger partial charge in [0, 0.05) is 23.2 Å². The first-order valence-corrected chi connectivity index (χ1v) is 9.39. The van der Waals surface area contributed by atoms with Gasteiger partial charge in [-0.1, -0.05) is 46.3 Å². The summed E-state index contributed by atoms with van der Waals surface area (Å²) in [5.41, 5.74) is 2.84. The number of aliphatic hydroxyl groups is 1. The molecule has 0 aromatic heterocycles. The second-order valence-corrected chi connectivity index (χ2v) is 7.43. The molecule has 0 saturated carbocycles. The first-order chi connectivity index (χ1) is 12.0. The monoisotopic (exact) mass is 402 g/mol. The van der Waals surface area contributed by atoms with Crippen LogP contribution in [0.3, 0.4) is 0 Å². The molecule has 2 aromatic carbocycles. The molecule has 3 rings (SSSR count). The fraction of sp³-hybridized carbons (Fsp3) is 0.350. The number of hydrogen-bond donors (Lipinski definition) is 2. The normalized spacial score (nSPS) is 16.5. The fourth-order valence-corrected chi connectivity index (χ4v) is 3.51. The average molecular weight is 403 g/mol. The minimum Gasteiger partial charge on any atom is -0.388 e. The molecule has 4 nitrogen and oxygen atoms in total. The quantitative estimate of drug-likeness (QED) is 0.778. The predicted octanol–water partition coefficient (Wildman–Crippen LogP) is 4.74. The number of rotatable bonds is 3. The zero-order chi connectivity index (χ0) is 17.8. The van der Waals surface area contributed by atoms with Crippen LogP contribution in [0.5, 0.6) is 0 Å². The SMILES string of the molecule is Cc1cc(NC(=O)N2CCC(C(O)c3ccccc3)CC2)ccc1Br. The third-order valence-electron chi connectivity index (χ3n) is 4.82. The number of carbonyl (C=O) groups is 1. The molecule has 0 bridgehead atoms. The molecule has 0 radical (unpaired) electrons. The van der Waals surface area contributed by atoms with Gasteiger partial charge in [-0.15, -0.1) is 0 Å².